The minimum Gasteiger partial charge on any atom is -0.373 e. The molecule has 1 N–H and O–H groups in total. The SMILES string of the molecule is Cc1c(-c2cc(F)cc3c2ccn3S(C)(=O)=O)cc(F)c2c1-c1c(cnn1C)C(C)(C)N2. The number of rotatable bonds is 2. The van der Waals surface area contributed by atoms with Gasteiger partial charge in [-0.1, -0.05) is 0 Å². The Morgan fingerprint density at radius 3 is 2.53 bits per heavy atom. The molecule has 5 rings (SSSR count). The molecule has 0 fully saturated rings. The molecule has 1 aliphatic heterocycles. The molecular formula is C23H22F2N4O2S. The molecule has 0 saturated carbocycles. The molecule has 2 aromatic heterocycles. The van der Waals surface area contributed by atoms with Crippen molar-refractivity contribution in [1.29, 1.82) is 0 Å². The van der Waals surface area contributed by atoms with E-state index >= 15 is 4.39 Å². The zero-order valence-electron chi connectivity index (χ0n) is 18.3. The van der Waals surface area contributed by atoms with Gasteiger partial charge in [0.15, 0.2) is 0 Å². The van der Waals surface area contributed by atoms with Gasteiger partial charge in [0.05, 0.1) is 34.9 Å². The molecule has 1 aliphatic rings. The molecular weight excluding hydrogens is 434 g/mol. The number of aromatic nitrogens is 3. The topological polar surface area (TPSA) is 68.9 Å². The number of hydrogen-bond acceptors (Lipinski definition) is 4. The number of halogens is 2. The molecule has 0 bridgehead atoms. The van der Waals surface area contributed by atoms with Crippen LogP contribution in [0.2, 0.25) is 0 Å². The monoisotopic (exact) mass is 456 g/mol. The number of benzene rings is 2. The maximum absolute atomic E-state index is 15.5. The van der Waals surface area contributed by atoms with E-state index in [2.05, 4.69) is 10.4 Å². The van der Waals surface area contributed by atoms with E-state index in [1.54, 1.807) is 24.0 Å². The molecule has 0 amide bonds. The number of aryl methyl sites for hydroxylation is 1. The minimum atomic E-state index is -3.63. The van der Waals surface area contributed by atoms with E-state index in [0.29, 0.717) is 27.8 Å². The Hall–Kier alpha value is -3.20. The third-order valence-electron chi connectivity index (χ3n) is 6.21. The van der Waals surface area contributed by atoms with Crippen LogP contribution in [0.1, 0.15) is 25.0 Å². The number of fused-ring (bicyclic) bond motifs is 4. The summed E-state index contributed by atoms with van der Waals surface area (Å²) in [6.07, 6.45) is 4.20. The smallest absolute Gasteiger partial charge is 0.236 e. The number of nitrogens with zero attached hydrogens (tertiary/aromatic N) is 3. The van der Waals surface area contributed by atoms with Crippen molar-refractivity contribution in [3.05, 3.63) is 59.4 Å². The van der Waals surface area contributed by atoms with E-state index in [9.17, 15) is 12.8 Å². The summed E-state index contributed by atoms with van der Waals surface area (Å²) in [5.74, 6) is -1.07. The maximum atomic E-state index is 15.5. The molecule has 0 aliphatic carbocycles. The zero-order valence-corrected chi connectivity index (χ0v) is 19.1. The summed E-state index contributed by atoms with van der Waals surface area (Å²) < 4.78 is 57.2. The maximum Gasteiger partial charge on any atom is 0.236 e. The Morgan fingerprint density at radius 1 is 1.12 bits per heavy atom. The molecule has 0 atom stereocenters. The first-order valence-electron chi connectivity index (χ1n) is 10.1. The average molecular weight is 457 g/mol. The molecule has 0 unspecified atom stereocenters. The fourth-order valence-electron chi connectivity index (χ4n) is 4.71. The van der Waals surface area contributed by atoms with E-state index in [1.165, 1.54) is 24.4 Å². The summed E-state index contributed by atoms with van der Waals surface area (Å²) in [6.45, 7) is 5.78. The van der Waals surface area contributed by atoms with Crippen molar-refractivity contribution in [3.8, 4) is 22.4 Å². The fourth-order valence-corrected chi connectivity index (χ4v) is 5.50. The van der Waals surface area contributed by atoms with Crippen LogP contribution in [-0.4, -0.2) is 28.4 Å². The van der Waals surface area contributed by atoms with Crippen LogP contribution in [0.4, 0.5) is 14.5 Å². The lowest BCUT2D eigenvalue weighted by Crippen LogP contribution is -2.32. The van der Waals surface area contributed by atoms with Gasteiger partial charge < -0.3 is 5.32 Å². The van der Waals surface area contributed by atoms with Crippen molar-refractivity contribution >= 4 is 26.6 Å². The van der Waals surface area contributed by atoms with E-state index in [-0.39, 0.29) is 5.52 Å². The number of nitrogens with one attached hydrogen (secondary N) is 1. The second-order valence-corrected chi connectivity index (χ2v) is 10.7. The molecule has 32 heavy (non-hydrogen) atoms. The number of hydrogen-bond donors (Lipinski definition) is 1. The lowest BCUT2D eigenvalue weighted by atomic mass is 9.83. The van der Waals surface area contributed by atoms with E-state index in [4.69, 9.17) is 0 Å². The van der Waals surface area contributed by atoms with Crippen LogP contribution in [0.3, 0.4) is 0 Å². The van der Waals surface area contributed by atoms with Crippen molar-refractivity contribution in [2.24, 2.45) is 7.05 Å². The van der Waals surface area contributed by atoms with Crippen LogP contribution in [0.5, 0.6) is 0 Å². The second kappa shape index (κ2) is 6.41. The average Bonchev–Trinajstić information content (AvgIpc) is 3.28. The lowest BCUT2D eigenvalue weighted by molar-refractivity contribution is 0.578. The van der Waals surface area contributed by atoms with E-state index in [1.807, 2.05) is 20.8 Å². The summed E-state index contributed by atoms with van der Waals surface area (Å²) in [6, 6.07) is 5.48. The van der Waals surface area contributed by atoms with Crippen LogP contribution in [0.15, 0.2) is 36.7 Å². The van der Waals surface area contributed by atoms with Crippen molar-refractivity contribution in [2.45, 2.75) is 26.3 Å². The van der Waals surface area contributed by atoms with Crippen LogP contribution in [-0.2, 0) is 22.6 Å². The molecule has 2 aromatic carbocycles. The molecule has 6 nitrogen and oxygen atoms in total. The first kappa shape index (κ1) is 20.7. The first-order valence-corrected chi connectivity index (χ1v) is 11.9. The van der Waals surface area contributed by atoms with Crippen LogP contribution >= 0.6 is 0 Å². The molecule has 3 heterocycles. The highest BCUT2D eigenvalue weighted by Gasteiger charge is 2.36. The van der Waals surface area contributed by atoms with Crippen LogP contribution in [0, 0.1) is 18.6 Å². The minimum absolute atomic E-state index is 0.209. The molecule has 0 spiro atoms. The summed E-state index contributed by atoms with van der Waals surface area (Å²) >= 11 is 0. The van der Waals surface area contributed by atoms with Gasteiger partial charge in [-0.3, -0.25) is 4.68 Å². The third kappa shape index (κ3) is 2.80. The van der Waals surface area contributed by atoms with Gasteiger partial charge in [-0.05, 0) is 61.7 Å². The number of anilines is 1. The summed E-state index contributed by atoms with van der Waals surface area (Å²) in [5.41, 5.74) is 4.10. The van der Waals surface area contributed by atoms with Crippen molar-refractivity contribution in [2.75, 3.05) is 11.6 Å². The molecule has 0 radical (unpaired) electrons. The van der Waals surface area contributed by atoms with Crippen molar-refractivity contribution < 1.29 is 17.2 Å². The van der Waals surface area contributed by atoms with E-state index < -0.39 is 27.2 Å². The van der Waals surface area contributed by atoms with Gasteiger partial charge >= 0.3 is 0 Å². The van der Waals surface area contributed by atoms with Gasteiger partial charge in [0, 0.05) is 29.8 Å². The summed E-state index contributed by atoms with van der Waals surface area (Å²) in [5, 5.41) is 8.19. The van der Waals surface area contributed by atoms with Crippen LogP contribution in [0.25, 0.3) is 33.3 Å². The fraction of sp³-hybridized carbons (Fsp3) is 0.261. The van der Waals surface area contributed by atoms with Crippen molar-refractivity contribution in [1.82, 2.24) is 13.8 Å². The third-order valence-corrected chi connectivity index (χ3v) is 7.24. The predicted octanol–water partition coefficient (Wildman–Crippen LogP) is 4.76. The van der Waals surface area contributed by atoms with Crippen molar-refractivity contribution in [3.63, 3.8) is 0 Å². The largest absolute Gasteiger partial charge is 0.373 e. The first-order chi connectivity index (χ1) is 14.9. The van der Waals surface area contributed by atoms with Crippen LogP contribution < -0.4 is 5.32 Å². The Balaban J connectivity index is 1.86. The van der Waals surface area contributed by atoms with Gasteiger partial charge in [0.25, 0.3) is 0 Å². The molecule has 0 saturated heterocycles. The van der Waals surface area contributed by atoms with Gasteiger partial charge in [-0.25, -0.2) is 21.2 Å². The zero-order chi connectivity index (χ0) is 23.2. The Labute approximate surface area is 184 Å². The molecule has 9 heteroatoms. The Kier molecular flexibility index (Phi) is 4.15. The standard InChI is InChI=1S/C23H22F2N4O2S/c1-12-15(16-8-13(24)9-19-14(16)6-7-29(19)32(5,30)31)10-18(25)21-20(12)22-17(11-26-28(22)4)23(2,3)27-21/h6-11,27H,1-5H3. The molecule has 166 valence electrons. The van der Waals surface area contributed by atoms with Gasteiger partial charge in [-0.15, -0.1) is 0 Å². The molecule has 4 aromatic rings. The van der Waals surface area contributed by atoms with Gasteiger partial charge in [0.1, 0.15) is 11.6 Å². The summed E-state index contributed by atoms with van der Waals surface area (Å²) in [7, 11) is -1.82. The van der Waals surface area contributed by atoms with E-state index in [0.717, 1.165) is 27.0 Å². The highest BCUT2D eigenvalue weighted by atomic mass is 32.2. The second-order valence-electron chi connectivity index (χ2n) is 8.82. The van der Waals surface area contributed by atoms with Gasteiger partial charge in [-0.2, -0.15) is 5.10 Å². The highest BCUT2D eigenvalue weighted by Crippen LogP contribution is 2.48. The van der Waals surface area contributed by atoms with Gasteiger partial charge in [0.2, 0.25) is 10.0 Å². The summed E-state index contributed by atoms with van der Waals surface area (Å²) in [4.78, 5) is 0. The Bertz CT molecular complexity index is 1550. The lowest BCUT2D eigenvalue weighted by Gasteiger charge is -2.35. The quantitative estimate of drug-likeness (QED) is 0.472. The predicted molar refractivity (Wildman–Crippen MR) is 121 cm³/mol. The highest BCUT2D eigenvalue weighted by molar-refractivity contribution is 7.89. The Morgan fingerprint density at radius 2 is 1.84 bits per heavy atom. The normalized spacial score (nSPS) is 14.8.